The van der Waals surface area contributed by atoms with Crippen molar-refractivity contribution in [3.8, 4) is 6.07 Å². The van der Waals surface area contributed by atoms with Gasteiger partial charge in [0.2, 0.25) is 10.0 Å². The molecular formula is C20H21N3O5S. The second kappa shape index (κ2) is 9.82. The van der Waals surface area contributed by atoms with Crippen LogP contribution in [0, 0.1) is 17.2 Å². The number of esters is 1. The van der Waals surface area contributed by atoms with Crippen molar-refractivity contribution in [2.45, 2.75) is 24.8 Å². The van der Waals surface area contributed by atoms with Gasteiger partial charge in [0.1, 0.15) is 6.04 Å². The first-order valence-corrected chi connectivity index (χ1v) is 10.3. The van der Waals surface area contributed by atoms with Crippen LogP contribution in [-0.2, 0) is 24.3 Å². The highest BCUT2D eigenvalue weighted by Gasteiger charge is 2.30. The van der Waals surface area contributed by atoms with Crippen molar-refractivity contribution in [2.24, 2.45) is 5.92 Å². The van der Waals surface area contributed by atoms with Crippen LogP contribution in [0.15, 0.2) is 59.5 Å². The van der Waals surface area contributed by atoms with Crippen molar-refractivity contribution in [3.63, 3.8) is 0 Å². The highest BCUT2D eigenvalue weighted by Crippen LogP contribution is 2.13. The summed E-state index contributed by atoms with van der Waals surface area (Å²) >= 11 is 0. The second-order valence-electron chi connectivity index (χ2n) is 6.50. The van der Waals surface area contributed by atoms with E-state index in [1.807, 2.05) is 6.07 Å². The van der Waals surface area contributed by atoms with Gasteiger partial charge in [0.05, 0.1) is 16.5 Å². The zero-order valence-electron chi connectivity index (χ0n) is 16.0. The van der Waals surface area contributed by atoms with Crippen molar-refractivity contribution in [3.05, 3.63) is 60.2 Å². The van der Waals surface area contributed by atoms with Gasteiger partial charge < -0.3 is 10.1 Å². The molecule has 0 spiro atoms. The Morgan fingerprint density at radius 1 is 1.07 bits per heavy atom. The summed E-state index contributed by atoms with van der Waals surface area (Å²) in [6, 6.07) is 14.6. The molecule has 0 aliphatic rings. The summed E-state index contributed by atoms with van der Waals surface area (Å²) < 4.78 is 32.3. The van der Waals surface area contributed by atoms with E-state index in [4.69, 9.17) is 10.00 Å². The molecule has 1 amide bonds. The lowest BCUT2D eigenvalue weighted by Crippen LogP contribution is -2.45. The van der Waals surface area contributed by atoms with Crippen molar-refractivity contribution >= 4 is 27.6 Å². The van der Waals surface area contributed by atoms with Crippen LogP contribution in [0.2, 0.25) is 0 Å². The van der Waals surface area contributed by atoms with E-state index in [9.17, 15) is 18.0 Å². The number of hydrogen-bond donors (Lipinski definition) is 2. The Bertz CT molecular complexity index is 997. The average molecular weight is 415 g/mol. The van der Waals surface area contributed by atoms with Gasteiger partial charge >= 0.3 is 5.97 Å². The second-order valence-corrected chi connectivity index (χ2v) is 8.22. The summed E-state index contributed by atoms with van der Waals surface area (Å²) in [6.45, 7) is 2.75. The quantitative estimate of drug-likeness (QED) is 0.636. The van der Waals surface area contributed by atoms with Crippen LogP contribution in [0.5, 0.6) is 0 Å². The molecule has 0 saturated carbocycles. The smallest absolute Gasteiger partial charge is 0.324 e. The van der Waals surface area contributed by atoms with Gasteiger partial charge in [-0.1, -0.05) is 32.0 Å². The van der Waals surface area contributed by atoms with Gasteiger partial charge in [-0.15, -0.1) is 0 Å². The Morgan fingerprint density at radius 2 is 1.69 bits per heavy atom. The lowest BCUT2D eigenvalue weighted by Gasteiger charge is -2.20. The summed E-state index contributed by atoms with van der Waals surface area (Å²) in [5.41, 5.74) is 0.884. The van der Waals surface area contributed by atoms with Crippen molar-refractivity contribution < 1.29 is 22.7 Å². The summed E-state index contributed by atoms with van der Waals surface area (Å²) in [5.74, 6) is -1.84. The SMILES string of the molecule is CC(C)[C@H](NS(=O)(=O)c1ccccc1)C(=O)OCC(=O)Nc1ccc(C#N)cc1. The molecule has 152 valence electrons. The van der Waals surface area contributed by atoms with Gasteiger partial charge in [-0.25, -0.2) is 8.42 Å². The van der Waals surface area contributed by atoms with Crippen molar-refractivity contribution in [2.75, 3.05) is 11.9 Å². The summed E-state index contributed by atoms with van der Waals surface area (Å²) in [5, 5.41) is 11.3. The van der Waals surface area contributed by atoms with Gasteiger partial charge in [0, 0.05) is 5.69 Å². The van der Waals surface area contributed by atoms with Crippen LogP contribution in [0.25, 0.3) is 0 Å². The Morgan fingerprint density at radius 3 is 2.24 bits per heavy atom. The average Bonchev–Trinajstić information content (AvgIpc) is 2.71. The van der Waals surface area contributed by atoms with E-state index in [-0.39, 0.29) is 4.90 Å². The van der Waals surface area contributed by atoms with Gasteiger partial charge in [-0.2, -0.15) is 9.98 Å². The molecule has 29 heavy (non-hydrogen) atoms. The standard InChI is InChI=1S/C20H21N3O5S/c1-14(2)19(23-29(26,27)17-6-4-3-5-7-17)20(25)28-13-18(24)22-16-10-8-15(12-21)9-11-16/h3-11,14,19,23H,13H2,1-2H3,(H,22,24)/t19-/m0/s1. The fourth-order valence-corrected chi connectivity index (χ4v) is 3.70. The zero-order chi connectivity index (χ0) is 21.4. The fourth-order valence-electron chi connectivity index (χ4n) is 2.34. The number of carbonyl (C=O) groups excluding carboxylic acids is 2. The van der Waals surface area contributed by atoms with Gasteiger partial charge in [0.15, 0.2) is 6.61 Å². The first kappa shape index (κ1) is 22.1. The van der Waals surface area contributed by atoms with E-state index < -0.39 is 40.5 Å². The molecule has 0 unspecified atom stereocenters. The zero-order valence-corrected chi connectivity index (χ0v) is 16.8. The molecule has 0 aliphatic heterocycles. The Kier molecular flexibility index (Phi) is 7.47. The van der Waals surface area contributed by atoms with E-state index in [1.165, 1.54) is 24.3 Å². The van der Waals surface area contributed by atoms with E-state index in [0.717, 1.165) is 0 Å². The molecule has 8 nitrogen and oxygen atoms in total. The van der Waals surface area contributed by atoms with Crippen LogP contribution in [0.4, 0.5) is 5.69 Å². The minimum atomic E-state index is -3.92. The van der Waals surface area contributed by atoms with E-state index in [0.29, 0.717) is 11.3 Å². The molecule has 0 saturated heterocycles. The number of benzene rings is 2. The molecule has 0 aliphatic carbocycles. The summed E-state index contributed by atoms with van der Waals surface area (Å²) in [7, 11) is -3.92. The minimum absolute atomic E-state index is 0.0250. The number of sulfonamides is 1. The minimum Gasteiger partial charge on any atom is -0.454 e. The molecule has 9 heteroatoms. The predicted octanol–water partition coefficient (Wildman–Crippen LogP) is 2.04. The molecule has 0 bridgehead atoms. The highest BCUT2D eigenvalue weighted by molar-refractivity contribution is 7.89. The largest absolute Gasteiger partial charge is 0.454 e. The molecule has 0 heterocycles. The van der Waals surface area contributed by atoms with Crippen molar-refractivity contribution in [1.82, 2.24) is 4.72 Å². The number of nitrogens with one attached hydrogen (secondary N) is 2. The third-order valence-corrected chi connectivity index (χ3v) is 5.36. The molecule has 2 N–H and O–H groups in total. The normalized spacial score (nSPS) is 12.1. The van der Waals surface area contributed by atoms with Crippen LogP contribution in [-0.4, -0.2) is 32.9 Å². The number of anilines is 1. The molecule has 0 aromatic heterocycles. The van der Waals surface area contributed by atoms with Crippen LogP contribution in [0.1, 0.15) is 19.4 Å². The number of rotatable bonds is 8. The van der Waals surface area contributed by atoms with Gasteiger partial charge in [0.25, 0.3) is 5.91 Å². The van der Waals surface area contributed by atoms with E-state index in [2.05, 4.69) is 10.0 Å². The van der Waals surface area contributed by atoms with E-state index in [1.54, 1.807) is 44.2 Å². The predicted molar refractivity (Wildman–Crippen MR) is 106 cm³/mol. The highest BCUT2D eigenvalue weighted by atomic mass is 32.2. The Hall–Kier alpha value is -3.22. The monoisotopic (exact) mass is 415 g/mol. The molecule has 1 atom stereocenters. The fraction of sp³-hybridized carbons (Fsp3) is 0.250. The number of nitrogens with zero attached hydrogens (tertiary/aromatic N) is 1. The third kappa shape index (κ3) is 6.41. The maximum atomic E-state index is 12.5. The number of nitriles is 1. The van der Waals surface area contributed by atoms with Crippen LogP contribution >= 0.6 is 0 Å². The first-order valence-electron chi connectivity index (χ1n) is 8.77. The lowest BCUT2D eigenvalue weighted by molar-refractivity contribution is -0.150. The Labute approximate surface area is 169 Å². The van der Waals surface area contributed by atoms with Gasteiger partial charge in [-0.05, 0) is 42.3 Å². The molecular weight excluding hydrogens is 394 g/mol. The first-order chi connectivity index (χ1) is 13.7. The number of amides is 1. The Balaban J connectivity index is 1.97. The molecule has 0 fully saturated rings. The number of hydrogen-bond acceptors (Lipinski definition) is 6. The number of ether oxygens (including phenoxy) is 1. The van der Waals surface area contributed by atoms with E-state index >= 15 is 0 Å². The molecule has 2 rings (SSSR count). The van der Waals surface area contributed by atoms with Crippen LogP contribution in [0.3, 0.4) is 0 Å². The summed E-state index contributed by atoms with van der Waals surface area (Å²) in [4.78, 5) is 24.4. The molecule has 2 aromatic rings. The third-order valence-electron chi connectivity index (χ3n) is 3.90. The van der Waals surface area contributed by atoms with Crippen LogP contribution < -0.4 is 10.0 Å². The molecule has 2 aromatic carbocycles. The maximum absolute atomic E-state index is 12.5. The summed E-state index contributed by atoms with van der Waals surface area (Å²) in [6.07, 6.45) is 0. The van der Waals surface area contributed by atoms with Gasteiger partial charge in [-0.3, -0.25) is 9.59 Å². The topological polar surface area (TPSA) is 125 Å². The maximum Gasteiger partial charge on any atom is 0.324 e. The molecule has 0 radical (unpaired) electrons. The lowest BCUT2D eigenvalue weighted by atomic mass is 10.1. The van der Waals surface area contributed by atoms with Crippen molar-refractivity contribution in [1.29, 1.82) is 5.26 Å². The number of carbonyl (C=O) groups is 2.